The van der Waals surface area contributed by atoms with Crippen LogP contribution in [-0.4, -0.2) is 29.9 Å². The molecule has 1 aliphatic rings. The summed E-state index contributed by atoms with van der Waals surface area (Å²) < 4.78 is 0. The summed E-state index contributed by atoms with van der Waals surface area (Å²) in [5, 5.41) is 0. The molecule has 1 heterocycles. The molecule has 4 heteroatoms. The number of carbonyl (C=O) groups excluding carboxylic acids is 1. The lowest BCUT2D eigenvalue weighted by Gasteiger charge is -2.42. The van der Waals surface area contributed by atoms with Crippen LogP contribution in [0.2, 0.25) is 0 Å². The molecule has 0 bridgehead atoms. The minimum atomic E-state index is 0. The lowest BCUT2D eigenvalue weighted by molar-refractivity contribution is -0.134. The van der Waals surface area contributed by atoms with Crippen LogP contribution in [0.5, 0.6) is 0 Å². The summed E-state index contributed by atoms with van der Waals surface area (Å²) in [5.41, 5.74) is 8.75. The summed E-state index contributed by atoms with van der Waals surface area (Å²) in [4.78, 5) is 14.4. The van der Waals surface area contributed by atoms with Crippen LogP contribution in [-0.2, 0) is 11.2 Å². The van der Waals surface area contributed by atoms with E-state index in [1.54, 1.807) is 0 Å². The van der Waals surface area contributed by atoms with Crippen LogP contribution in [0.15, 0.2) is 24.3 Å². The van der Waals surface area contributed by atoms with E-state index in [1.807, 2.05) is 4.90 Å². The molecule has 0 radical (unpaired) electrons. The van der Waals surface area contributed by atoms with E-state index in [-0.39, 0.29) is 29.8 Å². The Morgan fingerprint density at radius 1 is 1.30 bits per heavy atom. The number of halogens is 1. The van der Waals surface area contributed by atoms with Gasteiger partial charge in [0.1, 0.15) is 0 Å². The molecule has 1 amide bonds. The molecule has 0 spiro atoms. The lowest BCUT2D eigenvalue weighted by Crippen LogP contribution is -2.54. The number of piperidine rings is 1. The molecule has 1 aliphatic heterocycles. The van der Waals surface area contributed by atoms with Crippen molar-refractivity contribution in [2.24, 2.45) is 11.1 Å². The third-order valence-electron chi connectivity index (χ3n) is 4.94. The predicted molar refractivity (Wildman–Crippen MR) is 99.1 cm³/mol. The van der Waals surface area contributed by atoms with Crippen molar-refractivity contribution in [2.45, 2.75) is 58.9 Å². The van der Waals surface area contributed by atoms with Crippen molar-refractivity contribution in [3.05, 3.63) is 35.4 Å². The van der Waals surface area contributed by atoms with Crippen LogP contribution >= 0.6 is 12.4 Å². The average molecular weight is 339 g/mol. The Balaban J connectivity index is 0.00000264. The molecule has 1 aromatic rings. The van der Waals surface area contributed by atoms with Crippen molar-refractivity contribution in [1.82, 2.24) is 4.90 Å². The number of amides is 1. The summed E-state index contributed by atoms with van der Waals surface area (Å²) >= 11 is 0. The van der Waals surface area contributed by atoms with Gasteiger partial charge in [0.05, 0.1) is 0 Å². The Labute approximate surface area is 147 Å². The summed E-state index contributed by atoms with van der Waals surface area (Å²) in [6.07, 6.45) is 2.31. The van der Waals surface area contributed by atoms with E-state index in [2.05, 4.69) is 52.0 Å². The Bertz CT molecular complexity index is 511. The summed E-state index contributed by atoms with van der Waals surface area (Å²) in [6.45, 7) is 10.3. The van der Waals surface area contributed by atoms with E-state index in [0.717, 1.165) is 25.9 Å². The lowest BCUT2D eigenvalue weighted by atomic mass is 9.79. The number of nitrogens with two attached hydrogens (primary N) is 1. The van der Waals surface area contributed by atoms with E-state index >= 15 is 0 Å². The van der Waals surface area contributed by atoms with E-state index < -0.39 is 0 Å². The highest BCUT2D eigenvalue weighted by Gasteiger charge is 2.34. The van der Waals surface area contributed by atoms with Gasteiger partial charge in [-0.15, -0.1) is 12.4 Å². The van der Waals surface area contributed by atoms with Gasteiger partial charge in [-0.2, -0.15) is 0 Å². The third-order valence-corrected chi connectivity index (χ3v) is 4.94. The van der Waals surface area contributed by atoms with E-state index in [9.17, 15) is 4.79 Å². The Kier molecular flexibility index (Phi) is 7.09. The molecule has 0 aromatic heterocycles. The van der Waals surface area contributed by atoms with Gasteiger partial charge in [-0.3, -0.25) is 4.79 Å². The minimum absolute atomic E-state index is 0. The summed E-state index contributed by atoms with van der Waals surface area (Å²) in [7, 11) is 0. The first-order chi connectivity index (χ1) is 10.3. The van der Waals surface area contributed by atoms with Gasteiger partial charge in [-0.25, -0.2) is 0 Å². The van der Waals surface area contributed by atoms with Gasteiger partial charge < -0.3 is 10.6 Å². The van der Waals surface area contributed by atoms with Crippen molar-refractivity contribution < 1.29 is 4.79 Å². The van der Waals surface area contributed by atoms with Crippen LogP contribution in [0.4, 0.5) is 0 Å². The minimum Gasteiger partial charge on any atom is -0.342 e. The monoisotopic (exact) mass is 338 g/mol. The molecule has 1 aromatic carbocycles. The Morgan fingerprint density at radius 2 is 1.91 bits per heavy atom. The van der Waals surface area contributed by atoms with Crippen LogP contribution in [0, 0.1) is 5.41 Å². The molecule has 130 valence electrons. The van der Waals surface area contributed by atoms with Gasteiger partial charge in [0.25, 0.3) is 0 Å². The topological polar surface area (TPSA) is 46.3 Å². The molecule has 1 unspecified atom stereocenters. The number of hydrogen-bond acceptors (Lipinski definition) is 2. The predicted octanol–water partition coefficient (Wildman–Crippen LogP) is 3.75. The zero-order valence-corrected chi connectivity index (χ0v) is 15.7. The second-order valence-electron chi connectivity index (χ2n) is 7.60. The molecule has 1 fully saturated rings. The van der Waals surface area contributed by atoms with Crippen LogP contribution in [0.3, 0.4) is 0 Å². The van der Waals surface area contributed by atoms with Crippen molar-refractivity contribution in [3.8, 4) is 0 Å². The Hall–Kier alpha value is -1.06. The first-order valence-corrected chi connectivity index (χ1v) is 8.42. The van der Waals surface area contributed by atoms with Crippen LogP contribution < -0.4 is 5.73 Å². The fourth-order valence-electron chi connectivity index (χ4n) is 3.07. The van der Waals surface area contributed by atoms with Gasteiger partial charge in [-0.05, 0) is 35.3 Å². The molecule has 3 nitrogen and oxygen atoms in total. The number of likely N-dealkylation sites (tertiary alicyclic amines) is 1. The molecular formula is C19H31ClN2O. The maximum Gasteiger partial charge on any atom is 0.222 e. The van der Waals surface area contributed by atoms with Crippen molar-refractivity contribution in [1.29, 1.82) is 0 Å². The highest BCUT2D eigenvalue weighted by atomic mass is 35.5. The highest BCUT2D eigenvalue weighted by Crippen LogP contribution is 2.28. The fraction of sp³-hybridized carbons (Fsp3) is 0.632. The SMILES string of the molecule is CC(C)c1ccc(CCC(=O)N2CCC(N)C(C)(C)C2)cc1.Cl. The zero-order valence-electron chi connectivity index (χ0n) is 14.8. The molecule has 0 saturated carbocycles. The quantitative estimate of drug-likeness (QED) is 0.908. The van der Waals surface area contributed by atoms with Gasteiger partial charge in [0.2, 0.25) is 5.91 Å². The number of rotatable bonds is 4. The summed E-state index contributed by atoms with van der Waals surface area (Å²) in [6, 6.07) is 8.85. The Morgan fingerprint density at radius 3 is 2.43 bits per heavy atom. The van der Waals surface area contributed by atoms with Gasteiger partial charge >= 0.3 is 0 Å². The number of benzene rings is 1. The molecule has 1 atom stereocenters. The number of nitrogens with zero attached hydrogens (tertiary/aromatic N) is 1. The van der Waals surface area contributed by atoms with Crippen molar-refractivity contribution >= 4 is 18.3 Å². The van der Waals surface area contributed by atoms with Crippen LogP contribution in [0.1, 0.15) is 57.6 Å². The van der Waals surface area contributed by atoms with E-state index in [0.29, 0.717) is 12.3 Å². The smallest absolute Gasteiger partial charge is 0.222 e. The average Bonchev–Trinajstić information content (AvgIpc) is 2.48. The van der Waals surface area contributed by atoms with Crippen molar-refractivity contribution in [3.63, 3.8) is 0 Å². The summed E-state index contributed by atoms with van der Waals surface area (Å²) in [5.74, 6) is 0.809. The molecule has 1 saturated heterocycles. The largest absolute Gasteiger partial charge is 0.342 e. The van der Waals surface area contributed by atoms with Crippen molar-refractivity contribution in [2.75, 3.05) is 13.1 Å². The standard InChI is InChI=1S/C19H30N2O.ClH/c1-14(2)16-8-5-15(6-9-16)7-10-18(22)21-12-11-17(20)19(3,4)13-21;/h5-6,8-9,14,17H,7,10-13,20H2,1-4H3;1H. The molecule has 0 aliphatic carbocycles. The molecular weight excluding hydrogens is 308 g/mol. The number of carbonyl (C=O) groups is 1. The third kappa shape index (κ3) is 5.22. The second-order valence-corrected chi connectivity index (χ2v) is 7.60. The molecule has 2 N–H and O–H groups in total. The first-order valence-electron chi connectivity index (χ1n) is 8.42. The second kappa shape index (κ2) is 8.16. The van der Waals surface area contributed by atoms with E-state index in [1.165, 1.54) is 11.1 Å². The maximum atomic E-state index is 12.4. The van der Waals surface area contributed by atoms with Gasteiger partial charge in [0.15, 0.2) is 0 Å². The zero-order chi connectivity index (χ0) is 16.3. The van der Waals surface area contributed by atoms with E-state index in [4.69, 9.17) is 5.73 Å². The van der Waals surface area contributed by atoms with Gasteiger partial charge in [0, 0.05) is 25.6 Å². The normalized spacial score (nSPS) is 20.3. The molecule has 23 heavy (non-hydrogen) atoms. The fourth-order valence-corrected chi connectivity index (χ4v) is 3.07. The number of hydrogen-bond donors (Lipinski definition) is 1. The van der Waals surface area contributed by atoms with Crippen LogP contribution in [0.25, 0.3) is 0 Å². The van der Waals surface area contributed by atoms with Gasteiger partial charge in [-0.1, -0.05) is 52.0 Å². The molecule has 2 rings (SSSR count). The maximum absolute atomic E-state index is 12.4. The first kappa shape index (κ1) is 20.0. The number of aryl methyl sites for hydroxylation is 1. The highest BCUT2D eigenvalue weighted by molar-refractivity contribution is 5.85.